The van der Waals surface area contributed by atoms with E-state index in [1.54, 1.807) is 0 Å². The van der Waals surface area contributed by atoms with Gasteiger partial charge in [0, 0.05) is 0 Å². The average Bonchev–Trinajstić information content (AvgIpc) is 2.90. The summed E-state index contributed by atoms with van der Waals surface area (Å²) in [4.78, 5) is 0. The van der Waals surface area contributed by atoms with E-state index in [1.807, 2.05) is 0 Å². The van der Waals surface area contributed by atoms with E-state index in [2.05, 4.69) is 6.92 Å². The highest BCUT2D eigenvalue weighted by atomic mass is 16.3. The Kier molecular flexibility index (Phi) is 3.23. The third kappa shape index (κ3) is 2.41. The molecule has 0 spiro atoms. The second-order valence-corrected chi connectivity index (χ2v) is 7.23. The van der Waals surface area contributed by atoms with Gasteiger partial charge in [0.15, 0.2) is 0 Å². The summed E-state index contributed by atoms with van der Waals surface area (Å²) in [5.41, 5.74) is -0.284. The first-order chi connectivity index (χ1) is 8.18. The quantitative estimate of drug-likeness (QED) is 0.780. The summed E-state index contributed by atoms with van der Waals surface area (Å²) in [6.07, 6.45) is 13.0. The SMILES string of the molecule is CCC1CCCC(O)(CC2CC3CCC2C3)C1. The van der Waals surface area contributed by atoms with Crippen LogP contribution in [0.4, 0.5) is 0 Å². The van der Waals surface area contributed by atoms with Crippen molar-refractivity contribution in [3.63, 3.8) is 0 Å². The molecule has 1 heteroatoms. The van der Waals surface area contributed by atoms with E-state index in [1.165, 1.54) is 44.9 Å². The van der Waals surface area contributed by atoms with Gasteiger partial charge < -0.3 is 5.11 Å². The molecule has 0 aliphatic heterocycles. The van der Waals surface area contributed by atoms with Crippen molar-refractivity contribution in [3.05, 3.63) is 0 Å². The monoisotopic (exact) mass is 236 g/mol. The molecular weight excluding hydrogens is 208 g/mol. The van der Waals surface area contributed by atoms with E-state index >= 15 is 0 Å². The van der Waals surface area contributed by atoms with Crippen LogP contribution in [-0.4, -0.2) is 10.7 Å². The van der Waals surface area contributed by atoms with E-state index in [0.29, 0.717) is 0 Å². The van der Waals surface area contributed by atoms with Crippen molar-refractivity contribution in [2.45, 2.75) is 76.7 Å². The minimum atomic E-state index is -0.284. The van der Waals surface area contributed by atoms with Crippen molar-refractivity contribution in [1.29, 1.82) is 0 Å². The first kappa shape index (κ1) is 12.0. The van der Waals surface area contributed by atoms with Gasteiger partial charge in [0.1, 0.15) is 0 Å². The molecule has 5 unspecified atom stereocenters. The molecule has 1 nitrogen and oxygen atoms in total. The lowest BCUT2D eigenvalue weighted by Crippen LogP contribution is -2.38. The van der Waals surface area contributed by atoms with Gasteiger partial charge in [0.05, 0.1) is 5.60 Å². The molecule has 0 radical (unpaired) electrons. The summed E-state index contributed by atoms with van der Waals surface area (Å²) in [7, 11) is 0. The molecule has 0 amide bonds. The van der Waals surface area contributed by atoms with Gasteiger partial charge in [-0.2, -0.15) is 0 Å². The predicted molar refractivity (Wildman–Crippen MR) is 70.8 cm³/mol. The Hall–Kier alpha value is -0.0400. The maximum Gasteiger partial charge on any atom is 0.0653 e. The molecule has 0 heterocycles. The molecule has 98 valence electrons. The normalized spacial score (nSPS) is 49.8. The molecule has 0 saturated heterocycles. The van der Waals surface area contributed by atoms with E-state index in [9.17, 15) is 5.11 Å². The fourth-order valence-corrected chi connectivity index (χ4v) is 5.11. The summed E-state index contributed by atoms with van der Waals surface area (Å²) in [5, 5.41) is 10.9. The van der Waals surface area contributed by atoms with Crippen molar-refractivity contribution >= 4 is 0 Å². The molecule has 3 saturated carbocycles. The van der Waals surface area contributed by atoms with Gasteiger partial charge in [-0.1, -0.05) is 32.6 Å². The van der Waals surface area contributed by atoms with Crippen molar-refractivity contribution in [2.75, 3.05) is 0 Å². The average molecular weight is 236 g/mol. The van der Waals surface area contributed by atoms with E-state index in [4.69, 9.17) is 0 Å². The van der Waals surface area contributed by atoms with Gasteiger partial charge in [-0.3, -0.25) is 0 Å². The van der Waals surface area contributed by atoms with Crippen molar-refractivity contribution < 1.29 is 5.11 Å². The van der Waals surface area contributed by atoms with Crippen molar-refractivity contribution in [2.24, 2.45) is 23.7 Å². The third-order valence-corrected chi connectivity index (χ3v) is 6.03. The van der Waals surface area contributed by atoms with Gasteiger partial charge >= 0.3 is 0 Å². The van der Waals surface area contributed by atoms with Crippen LogP contribution in [0, 0.1) is 23.7 Å². The van der Waals surface area contributed by atoms with Crippen molar-refractivity contribution in [3.8, 4) is 0 Å². The molecule has 3 rings (SSSR count). The van der Waals surface area contributed by atoms with Crippen LogP contribution in [0.5, 0.6) is 0 Å². The zero-order chi connectivity index (χ0) is 11.9. The van der Waals surface area contributed by atoms with E-state index < -0.39 is 0 Å². The van der Waals surface area contributed by atoms with Crippen LogP contribution in [0.1, 0.15) is 71.1 Å². The van der Waals surface area contributed by atoms with Crippen LogP contribution in [0.3, 0.4) is 0 Å². The Labute approximate surface area is 106 Å². The smallest absolute Gasteiger partial charge is 0.0653 e. The molecule has 3 fully saturated rings. The lowest BCUT2D eigenvalue weighted by Gasteiger charge is -2.40. The molecular formula is C16H28O. The lowest BCUT2D eigenvalue weighted by molar-refractivity contribution is -0.0416. The van der Waals surface area contributed by atoms with Crippen LogP contribution in [-0.2, 0) is 0 Å². The third-order valence-electron chi connectivity index (χ3n) is 6.03. The summed E-state index contributed by atoms with van der Waals surface area (Å²) in [6.45, 7) is 2.29. The zero-order valence-corrected chi connectivity index (χ0v) is 11.3. The van der Waals surface area contributed by atoms with Crippen LogP contribution in [0.15, 0.2) is 0 Å². The number of aliphatic hydroxyl groups is 1. The predicted octanol–water partition coefficient (Wildman–Crippen LogP) is 4.14. The molecule has 3 aliphatic rings. The van der Waals surface area contributed by atoms with Gasteiger partial charge in [0.25, 0.3) is 0 Å². The lowest BCUT2D eigenvalue weighted by atomic mass is 9.70. The second kappa shape index (κ2) is 4.57. The topological polar surface area (TPSA) is 20.2 Å². The Morgan fingerprint density at radius 2 is 2.06 bits per heavy atom. The minimum absolute atomic E-state index is 0.284. The minimum Gasteiger partial charge on any atom is -0.390 e. The van der Waals surface area contributed by atoms with E-state index in [-0.39, 0.29) is 5.60 Å². The molecule has 0 aromatic heterocycles. The van der Waals surface area contributed by atoms with Crippen LogP contribution < -0.4 is 0 Å². The number of rotatable bonds is 3. The maximum absolute atomic E-state index is 10.9. The molecule has 17 heavy (non-hydrogen) atoms. The highest BCUT2D eigenvalue weighted by molar-refractivity contribution is 4.95. The molecule has 3 aliphatic carbocycles. The van der Waals surface area contributed by atoms with Crippen LogP contribution in [0.2, 0.25) is 0 Å². The Balaban J connectivity index is 1.59. The first-order valence-electron chi connectivity index (χ1n) is 7.91. The fraction of sp³-hybridized carbons (Fsp3) is 1.00. The molecule has 1 N–H and O–H groups in total. The van der Waals surface area contributed by atoms with Gasteiger partial charge in [0.2, 0.25) is 0 Å². The van der Waals surface area contributed by atoms with E-state index in [0.717, 1.165) is 42.9 Å². The number of hydrogen-bond acceptors (Lipinski definition) is 1. The number of fused-ring (bicyclic) bond motifs is 2. The highest BCUT2D eigenvalue weighted by Gasteiger charge is 2.44. The summed E-state index contributed by atoms with van der Waals surface area (Å²) >= 11 is 0. The second-order valence-electron chi connectivity index (χ2n) is 7.23. The molecule has 0 aromatic rings. The first-order valence-corrected chi connectivity index (χ1v) is 7.91. The summed E-state index contributed by atoms with van der Waals surface area (Å²) in [6, 6.07) is 0. The fourth-order valence-electron chi connectivity index (χ4n) is 5.11. The highest BCUT2D eigenvalue weighted by Crippen LogP contribution is 2.52. The Morgan fingerprint density at radius 1 is 1.18 bits per heavy atom. The largest absolute Gasteiger partial charge is 0.390 e. The zero-order valence-electron chi connectivity index (χ0n) is 11.3. The Bertz CT molecular complexity index is 275. The van der Waals surface area contributed by atoms with Crippen LogP contribution in [0.25, 0.3) is 0 Å². The van der Waals surface area contributed by atoms with Crippen LogP contribution >= 0.6 is 0 Å². The number of hydrogen-bond donors (Lipinski definition) is 1. The summed E-state index contributed by atoms with van der Waals surface area (Å²) in [5.74, 6) is 3.67. The van der Waals surface area contributed by atoms with Gasteiger partial charge in [-0.15, -0.1) is 0 Å². The summed E-state index contributed by atoms with van der Waals surface area (Å²) < 4.78 is 0. The Morgan fingerprint density at radius 3 is 2.71 bits per heavy atom. The molecule has 2 bridgehead atoms. The van der Waals surface area contributed by atoms with Gasteiger partial charge in [-0.25, -0.2) is 0 Å². The van der Waals surface area contributed by atoms with Crippen molar-refractivity contribution in [1.82, 2.24) is 0 Å². The maximum atomic E-state index is 10.9. The standard InChI is InChI=1S/C16H28O/c1-2-12-4-3-7-16(17,10-12)11-15-9-13-5-6-14(15)8-13/h12-15,17H,2-11H2,1H3. The van der Waals surface area contributed by atoms with Gasteiger partial charge in [-0.05, 0) is 62.2 Å². The molecule has 0 aromatic carbocycles. The molecule has 5 atom stereocenters.